The van der Waals surface area contributed by atoms with Crippen molar-refractivity contribution in [3.8, 4) is 0 Å². The molecule has 1 saturated carbocycles. The van der Waals surface area contributed by atoms with Crippen molar-refractivity contribution in [1.29, 1.82) is 0 Å². The number of amides is 2. The van der Waals surface area contributed by atoms with Crippen LogP contribution in [0.5, 0.6) is 0 Å². The number of nitrogens with one attached hydrogen (secondary N) is 1. The first-order chi connectivity index (χ1) is 10.1. The fourth-order valence-electron chi connectivity index (χ4n) is 2.87. The number of aromatic nitrogens is 1. The minimum atomic E-state index is -0.935. The Hall–Kier alpha value is -1.63. The van der Waals surface area contributed by atoms with E-state index in [-0.39, 0.29) is 11.9 Å². The average molecular weight is 309 g/mol. The number of thiazole rings is 1. The number of piperidine rings is 1. The number of carbonyl (C=O) groups excluding carboxylic acids is 1. The van der Waals surface area contributed by atoms with E-state index in [1.807, 2.05) is 12.3 Å². The number of carboxylic acids is 1. The molecule has 7 heteroatoms. The van der Waals surface area contributed by atoms with E-state index in [0.29, 0.717) is 17.6 Å². The second kappa shape index (κ2) is 5.63. The van der Waals surface area contributed by atoms with Crippen LogP contribution in [-0.4, -0.2) is 39.6 Å². The molecule has 2 amide bonds. The summed E-state index contributed by atoms with van der Waals surface area (Å²) in [6.07, 6.45) is 4.01. The Kier molecular flexibility index (Phi) is 3.84. The monoisotopic (exact) mass is 309 g/mol. The molecule has 1 aromatic heterocycles. The molecule has 114 valence electrons. The van der Waals surface area contributed by atoms with E-state index < -0.39 is 12.0 Å². The highest BCUT2D eigenvalue weighted by Crippen LogP contribution is 2.41. The van der Waals surface area contributed by atoms with E-state index in [1.54, 1.807) is 0 Å². The quantitative estimate of drug-likeness (QED) is 0.899. The molecule has 0 spiro atoms. The first kappa shape index (κ1) is 14.3. The van der Waals surface area contributed by atoms with Crippen LogP contribution in [-0.2, 0) is 4.79 Å². The highest BCUT2D eigenvalue weighted by molar-refractivity contribution is 7.13. The van der Waals surface area contributed by atoms with Crippen molar-refractivity contribution < 1.29 is 14.7 Å². The molecule has 2 unspecified atom stereocenters. The van der Waals surface area contributed by atoms with Crippen molar-refractivity contribution in [1.82, 2.24) is 9.88 Å². The van der Waals surface area contributed by atoms with Gasteiger partial charge in [-0.15, -0.1) is 11.3 Å². The molecule has 6 nitrogen and oxygen atoms in total. The van der Waals surface area contributed by atoms with Crippen molar-refractivity contribution in [2.45, 2.75) is 44.6 Å². The second-order valence-corrected chi connectivity index (χ2v) is 6.74. The number of likely N-dealkylation sites (tertiary alicyclic amines) is 1. The van der Waals surface area contributed by atoms with E-state index in [9.17, 15) is 14.7 Å². The third-order valence-corrected chi connectivity index (χ3v) is 4.95. The molecule has 0 aromatic carbocycles. The number of nitrogens with zero attached hydrogens (tertiary/aromatic N) is 2. The number of urea groups is 1. The zero-order valence-electron chi connectivity index (χ0n) is 11.9. The highest BCUT2D eigenvalue weighted by Gasteiger charge is 2.37. The fourth-order valence-corrected chi connectivity index (χ4v) is 3.65. The van der Waals surface area contributed by atoms with Gasteiger partial charge in [0.05, 0.1) is 5.69 Å². The predicted octanol–water partition coefficient (Wildman–Crippen LogP) is 2.74. The van der Waals surface area contributed by atoms with Gasteiger partial charge in [0.2, 0.25) is 0 Å². The number of carbonyl (C=O) groups is 2. The van der Waals surface area contributed by atoms with Crippen LogP contribution in [0, 0.1) is 5.92 Å². The molecule has 1 saturated heterocycles. The maximum Gasteiger partial charge on any atom is 0.326 e. The zero-order valence-corrected chi connectivity index (χ0v) is 12.7. The fraction of sp³-hybridized carbons (Fsp3) is 0.643. The summed E-state index contributed by atoms with van der Waals surface area (Å²) in [5.41, 5.74) is 1.04. The summed E-state index contributed by atoms with van der Waals surface area (Å²) in [5.74, 6) is -0.413. The standard InChI is InChI=1S/C14H19N3O3S/c1-8-3-2-6-17(11(8)12(18)19)14(20)16-13-15-10(7-21-13)9-4-5-9/h7-9,11H,2-6H2,1H3,(H,18,19)(H,15,16,20). The Labute approximate surface area is 127 Å². The molecule has 1 aliphatic heterocycles. The molecular formula is C14H19N3O3S. The first-order valence-electron chi connectivity index (χ1n) is 7.32. The maximum atomic E-state index is 12.3. The van der Waals surface area contributed by atoms with Crippen LogP contribution in [0.25, 0.3) is 0 Å². The first-order valence-corrected chi connectivity index (χ1v) is 8.20. The van der Waals surface area contributed by atoms with E-state index in [4.69, 9.17) is 0 Å². The van der Waals surface area contributed by atoms with E-state index >= 15 is 0 Å². The van der Waals surface area contributed by atoms with E-state index in [0.717, 1.165) is 18.5 Å². The molecular weight excluding hydrogens is 290 g/mol. The number of anilines is 1. The highest BCUT2D eigenvalue weighted by atomic mass is 32.1. The molecule has 1 aliphatic carbocycles. The van der Waals surface area contributed by atoms with Crippen molar-refractivity contribution in [3.63, 3.8) is 0 Å². The Balaban J connectivity index is 1.68. The third-order valence-electron chi connectivity index (χ3n) is 4.18. The number of hydrogen-bond acceptors (Lipinski definition) is 4. The van der Waals surface area contributed by atoms with Crippen LogP contribution < -0.4 is 5.32 Å². The van der Waals surface area contributed by atoms with Crippen molar-refractivity contribution in [3.05, 3.63) is 11.1 Å². The molecule has 2 N–H and O–H groups in total. The van der Waals surface area contributed by atoms with Gasteiger partial charge in [-0.25, -0.2) is 14.6 Å². The summed E-state index contributed by atoms with van der Waals surface area (Å²) in [4.78, 5) is 29.6. The summed E-state index contributed by atoms with van der Waals surface area (Å²) in [6, 6.07) is -1.10. The average Bonchev–Trinajstić information content (AvgIpc) is 3.19. The summed E-state index contributed by atoms with van der Waals surface area (Å²) >= 11 is 1.40. The van der Waals surface area contributed by atoms with Crippen LogP contribution in [0.3, 0.4) is 0 Å². The molecule has 21 heavy (non-hydrogen) atoms. The van der Waals surface area contributed by atoms with E-state index in [2.05, 4.69) is 10.3 Å². The topological polar surface area (TPSA) is 82.5 Å². The second-order valence-electron chi connectivity index (χ2n) is 5.88. The van der Waals surface area contributed by atoms with Gasteiger partial charge in [-0.3, -0.25) is 5.32 Å². The predicted molar refractivity (Wildman–Crippen MR) is 79.6 cm³/mol. The smallest absolute Gasteiger partial charge is 0.326 e. The minimum Gasteiger partial charge on any atom is -0.480 e. The number of carboxylic acid groups (broad SMARTS) is 1. The normalized spacial score (nSPS) is 25.7. The van der Waals surface area contributed by atoms with Gasteiger partial charge in [-0.05, 0) is 31.6 Å². The zero-order chi connectivity index (χ0) is 15.0. The molecule has 2 fully saturated rings. The Bertz CT molecular complexity index is 555. The van der Waals surface area contributed by atoms with Crippen molar-refractivity contribution in [2.24, 2.45) is 5.92 Å². The van der Waals surface area contributed by atoms with Crippen LogP contribution in [0.1, 0.15) is 44.2 Å². The molecule has 3 rings (SSSR count). The molecule has 1 aromatic rings. The Morgan fingerprint density at radius 1 is 1.43 bits per heavy atom. The molecule has 0 bridgehead atoms. The van der Waals surface area contributed by atoms with Crippen molar-refractivity contribution >= 4 is 28.5 Å². The largest absolute Gasteiger partial charge is 0.480 e. The Morgan fingerprint density at radius 3 is 2.86 bits per heavy atom. The lowest BCUT2D eigenvalue weighted by molar-refractivity contribution is -0.145. The maximum absolute atomic E-state index is 12.3. The number of aliphatic carboxylic acids is 1. The lowest BCUT2D eigenvalue weighted by Crippen LogP contribution is -2.53. The SMILES string of the molecule is CC1CCCN(C(=O)Nc2nc(C3CC3)cs2)C1C(=O)O. The van der Waals surface area contributed by atoms with Crippen LogP contribution in [0.2, 0.25) is 0 Å². The summed E-state index contributed by atoms with van der Waals surface area (Å²) in [7, 11) is 0. The van der Waals surface area contributed by atoms with Crippen LogP contribution >= 0.6 is 11.3 Å². The number of hydrogen-bond donors (Lipinski definition) is 2. The van der Waals surface area contributed by atoms with Gasteiger partial charge >= 0.3 is 12.0 Å². The lowest BCUT2D eigenvalue weighted by atomic mass is 9.91. The molecule has 2 heterocycles. The van der Waals surface area contributed by atoms with Gasteiger partial charge in [-0.2, -0.15) is 0 Å². The summed E-state index contributed by atoms with van der Waals surface area (Å²) < 4.78 is 0. The molecule has 2 aliphatic rings. The van der Waals surface area contributed by atoms with Gasteiger partial charge in [0.15, 0.2) is 5.13 Å². The minimum absolute atomic E-state index is 0.0275. The lowest BCUT2D eigenvalue weighted by Gasteiger charge is -2.36. The van der Waals surface area contributed by atoms with Gasteiger partial charge in [-0.1, -0.05) is 6.92 Å². The van der Waals surface area contributed by atoms with Gasteiger partial charge in [0.25, 0.3) is 0 Å². The van der Waals surface area contributed by atoms with E-state index in [1.165, 1.54) is 29.1 Å². The van der Waals surface area contributed by atoms with Crippen molar-refractivity contribution in [2.75, 3.05) is 11.9 Å². The van der Waals surface area contributed by atoms with Crippen LogP contribution in [0.15, 0.2) is 5.38 Å². The van der Waals surface area contributed by atoms with Gasteiger partial charge < -0.3 is 10.0 Å². The third kappa shape index (κ3) is 3.02. The molecule has 0 radical (unpaired) electrons. The van der Waals surface area contributed by atoms with Crippen LogP contribution in [0.4, 0.5) is 9.93 Å². The van der Waals surface area contributed by atoms with Gasteiger partial charge in [0.1, 0.15) is 6.04 Å². The summed E-state index contributed by atoms with van der Waals surface area (Å²) in [5, 5.41) is 14.6. The van der Waals surface area contributed by atoms with Gasteiger partial charge in [0, 0.05) is 17.8 Å². The molecule has 2 atom stereocenters. The Morgan fingerprint density at radius 2 is 2.19 bits per heavy atom. The number of rotatable bonds is 3. The summed E-state index contributed by atoms with van der Waals surface area (Å²) in [6.45, 7) is 2.36.